The number of benzene rings is 1. The Kier molecular flexibility index (Phi) is 4.80. The SMILES string of the molecule is CCOc1ccc(CN2CCC(CC(=O)O)C2)cc1. The van der Waals surface area contributed by atoms with Crippen molar-refractivity contribution in [1.82, 2.24) is 4.90 Å². The highest BCUT2D eigenvalue weighted by atomic mass is 16.5. The van der Waals surface area contributed by atoms with E-state index < -0.39 is 5.97 Å². The minimum absolute atomic E-state index is 0.291. The number of rotatable bonds is 6. The Bertz CT molecular complexity index is 416. The van der Waals surface area contributed by atoms with E-state index >= 15 is 0 Å². The van der Waals surface area contributed by atoms with E-state index in [1.54, 1.807) is 0 Å². The highest BCUT2D eigenvalue weighted by Gasteiger charge is 2.24. The second-order valence-corrected chi connectivity index (χ2v) is 5.06. The number of aliphatic carboxylic acids is 1. The summed E-state index contributed by atoms with van der Waals surface area (Å²) in [6.07, 6.45) is 1.28. The number of carbonyl (C=O) groups is 1. The largest absolute Gasteiger partial charge is 0.494 e. The van der Waals surface area contributed by atoms with Crippen LogP contribution < -0.4 is 4.74 Å². The summed E-state index contributed by atoms with van der Waals surface area (Å²) in [7, 11) is 0. The van der Waals surface area contributed by atoms with Crippen LogP contribution in [0.4, 0.5) is 0 Å². The van der Waals surface area contributed by atoms with Crippen LogP contribution in [0.15, 0.2) is 24.3 Å². The molecule has 1 aliphatic heterocycles. The third-order valence-corrected chi connectivity index (χ3v) is 3.47. The van der Waals surface area contributed by atoms with Crippen molar-refractivity contribution in [2.75, 3.05) is 19.7 Å². The summed E-state index contributed by atoms with van der Waals surface area (Å²) in [5.74, 6) is 0.518. The molecule has 0 aliphatic carbocycles. The molecule has 1 heterocycles. The summed E-state index contributed by atoms with van der Waals surface area (Å²) >= 11 is 0. The molecule has 0 amide bonds. The van der Waals surface area contributed by atoms with Gasteiger partial charge in [0, 0.05) is 19.5 Å². The highest BCUT2D eigenvalue weighted by molar-refractivity contribution is 5.67. The van der Waals surface area contributed by atoms with Crippen LogP contribution in [-0.2, 0) is 11.3 Å². The van der Waals surface area contributed by atoms with Crippen molar-refractivity contribution in [1.29, 1.82) is 0 Å². The Hall–Kier alpha value is -1.55. The first kappa shape index (κ1) is 13.9. The fourth-order valence-electron chi connectivity index (χ4n) is 2.59. The number of carboxylic acids is 1. The van der Waals surface area contributed by atoms with E-state index in [1.165, 1.54) is 5.56 Å². The van der Waals surface area contributed by atoms with Crippen molar-refractivity contribution < 1.29 is 14.6 Å². The lowest BCUT2D eigenvalue weighted by Crippen LogP contribution is -2.20. The van der Waals surface area contributed by atoms with Gasteiger partial charge in [0.2, 0.25) is 0 Å². The molecule has 1 fully saturated rings. The van der Waals surface area contributed by atoms with Crippen LogP contribution in [0.5, 0.6) is 5.75 Å². The molecule has 2 rings (SSSR count). The quantitative estimate of drug-likeness (QED) is 0.856. The van der Waals surface area contributed by atoms with E-state index in [0.717, 1.165) is 31.8 Å². The van der Waals surface area contributed by atoms with E-state index in [0.29, 0.717) is 18.9 Å². The molecule has 4 nitrogen and oxygen atoms in total. The van der Waals surface area contributed by atoms with Crippen molar-refractivity contribution in [3.05, 3.63) is 29.8 Å². The molecule has 0 radical (unpaired) electrons. The second-order valence-electron chi connectivity index (χ2n) is 5.06. The first-order valence-corrected chi connectivity index (χ1v) is 6.83. The summed E-state index contributed by atoms with van der Waals surface area (Å²) in [6, 6.07) is 8.14. The molecule has 19 heavy (non-hydrogen) atoms. The average molecular weight is 263 g/mol. The summed E-state index contributed by atoms with van der Waals surface area (Å²) in [4.78, 5) is 13.0. The number of likely N-dealkylation sites (tertiary alicyclic amines) is 1. The lowest BCUT2D eigenvalue weighted by atomic mass is 10.1. The molecule has 1 N–H and O–H groups in total. The molecule has 0 aromatic heterocycles. The highest BCUT2D eigenvalue weighted by Crippen LogP contribution is 2.22. The van der Waals surface area contributed by atoms with Crippen LogP contribution in [-0.4, -0.2) is 35.7 Å². The van der Waals surface area contributed by atoms with Gasteiger partial charge >= 0.3 is 5.97 Å². The van der Waals surface area contributed by atoms with Gasteiger partial charge in [0.15, 0.2) is 0 Å². The first-order chi connectivity index (χ1) is 9.17. The minimum atomic E-state index is -0.687. The van der Waals surface area contributed by atoms with Gasteiger partial charge in [0.05, 0.1) is 6.61 Å². The van der Waals surface area contributed by atoms with Crippen LogP contribution in [0, 0.1) is 5.92 Å². The number of hydrogen-bond donors (Lipinski definition) is 1. The van der Waals surface area contributed by atoms with Crippen molar-refractivity contribution in [2.24, 2.45) is 5.92 Å². The zero-order chi connectivity index (χ0) is 13.7. The maximum Gasteiger partial charge on any atom is 0.303 e. The number of ether oxygens (including phenoxy) is 1. The number of carboxylic acid groups (broad SMARTS) is 1. The lowest BCUT2D eigenvalue weighted by Gasteiger charge is -2.16. The third-order valence-electron chi connectivity index (χ3n) is 3.47. The van der Waals surface area contributed by atoms with Gasteiger partial charge in [0.1, 0.15) is 5.75 Å². The molecule has 1 aromatic rings. The van der Waals surface area contributed by atoms with Crippen molar-refractivity contribution in [2.45, 2.75) is 26.3 Å². The van der Waals surface area contributed by atoms with Gasteiger partial charge in [-0.15, -0.1) is 0 Å². The molecule has 1 unspecified atom stereocenters. The summed E-state index contributed by atoms with van der Waals surface area (Å²) in [5.41, 5.74) is 1.25. The molecular formula is C15H21NO3. The van der Waals surface area contributed by atoms with Gasteiger partial charge in [-0.25, -0.2) is 0 Å². The monoisotopic (exact) mass is 263 g/mol. The number of nitrogens with zero attached hydrogens (tertiary/aromatic N) is 1. The second kappa shape index (κ2) is 6.57. The normalized spacial score (nSPS) is 19.5. The molecule has 1 aliphatic rings. The molecule has 1 aromatic carbocycles. The van der Waals surface area contributed by atoms with E-state index in [4.69, 9.17) is 9.84 Å². The smallest absolute Gasteiger partial charge is 0.303 e. The van der Waals surface area contributed by atoms with E-state index in [1.807, 2.05) is 19.1 Å². The minimum Gasteiger partial charge on any atom is -0.494 e. The van der Waals surface area contributed by atoms with Crippen molar-refractivity contribution in [3.63, 3.8) is 0 Å². The predicted molar refractivity (Wildman–Crippen MR) is 73.2 cm³/mol. The van der Waals surface area contributed by atoms with E-state index in [2.05, 4.69) is 17.0 Å². The Morgan fingerprint density at radius 1 is 1.42 bits per heavy atom. The van der Waals surface area contributed by atoms with E-state index in [-0.39, 0.29) is 0 Å². The van der Waals surface area contributed by atoms with Crippen LogP contribution in [0.2, 0.25) is 0 Å². The zero-order valence-electron chi connectivity index (χ0n) is 11.3. The molecule has 4 heteroatoms. The molecule has 1 atom stereocenters. The molecule has 0 spiro atoms. The van der Waals surface area contributed by atoms with E-state index in [9.17, 15) is 4.79 Å². The molecule has 104 valence electrons. The van der Waals surface area contributed by atoms with Gasteiger partial charge in [-0.05, 0) is 43.5 Å². The van der Waals surface area contributed by atoms with Gasteiger partial charge < -0.3 is 9.84 Å². The fourth-order valence-corrected chi connectivity index (χ4v) is 2.59. The Morgan fingerprint density at radius 2 is 2.16 bits per heavy atom. The van der Waals surface area contributed by atoms with Crippen LogP contribution in [0.3, 0.4) is 0 Å². The van der Waals surface area contributed by atoms with Crippen LogP contribution in [0.1, 0.15) is 25.3 Å². The van der Waals surface area contributed by atoms with Gasteiger partial charge in [-0.2, -0.15) is 0 Å². The Morgan fingerprint density at radius 3 is 2.79 bits per heavy atom. The summed E-state index contributed by atoms with van der Waals surface area (Å²) in [5, 5.41) is 8.80. The van der Waals surface area contributed by atoms with Gasteiger partial charge in [0.25, 0.3) is 0 Å². The Labute approximate surface area is 114 Å². The summed E-state index contributed by atoms with van der Waals surface area (Å²) < 4.78 is 5.41. The average Bonchev–Trinajstić information content (AvgIpc) is 2.78. The van der Waals surface area contributed by atoms with Gasteiger partial charge in [-0.3, -0.25) is 9.69 Å². The maximum absolute atomic E-state index is 10.7. The van der Waals surface area contributed by atoms with Crippen molar-refractivity contribution in [3.8, 4) is 5.75 Å². The molecule has 1 saturated heterocycles. The Balaban J connectivity index is 1.83. The van der Waals surface area contributed by atoms with Crippen molar-refractivity contribution >= 4 is 5.97 Å². The summed E-state index contributed by atoms with van der Waals surface area (Å²) in [6.45, 7) is 5.43. The third kappa shape index (κ3) is 4.24. The molecule has 0 saturated carbocycles. The topological polar surface area (TPSA) is 49.8 Å². The first-order valence-electron chi connectivity index (χ1n) is 6.83. The van der Waals surface area contributed by atoms with Gasteiger partial charge in [-0.1, -0.05) is 12.1 Å². The van der Waals surface area contributed by atoms with Crippen LogP contribution >= 0.6 is 0 Å². The number of hydrogen-bond acceptors (Lipinski definition) is 3. The molecule has 0 bridgehead atoms. The zero-order valence-corrected chi connectivity index (χ0v) is 11.3. The van der Waals surface area contributed by atoms with Crippen LogP contribution in [0.25, 0.3) is 0 Å². The standard InChI is InChI=1S/C15H21NO3/c1-2-19-14-5-3-12(4-6-14)10-16-8-7-13(11-16)9-15(17)18/h3-6,13H,2,7-11H2,1H3,(H,17,18). The molecular weight excluding hydrogens is 242 g/mol. The maximum atomic E-state index is 10.7. The lowest BCUT2D eigenvalue weighted by molar-refractivity contribution is -0.138. The predicted octanol–water partition coefficient (Wildman–Crippen LogP) is 2.38. The fraction of sp³-hybridized carbons (Fsp3) is 0.533.